The first-order chi connectivity index (χ1) is 15.0. The zero-order chi connectivity index (χ0) is 22.0. The van der Waals surface area contributed by atoms with Crippen molar-refractivity contribution in [2.24, 2.45) is 0 Å². The fourth-order valence-electron chi connectivity index (χ4n) is 3.85. The first kappa shape index (κ1) is 20.4. The molecular weight excluding hydrogens is 386 g/mol. The van der Waals surface area contributed by atoms with Crippen LogP contribution in [0.5, 0.6) is 5.75 Å². The first-order valence-corrected chi connectivity index (χ1v) is 10.3. The number of hydrogen-bond donors (Lipinski definition) is 0. The molecule has 0 atom stereocenters. The Morgan fingerprint density at radius 2 is 1.58 bits per heavy atom. The molecule has 0 unspecified atom stereocenters. The molecule has 0 fully saturated rings. The molecular formula is C27H23NO3. The van der Waals surface area contributed by atoms with Gasteiger partial charge in [-0.2, -0.15) is 5.26 Å². The van der Waals surface area contributed by atoms with E-state index >= 15 is 0 Å². The highest BCUT2D eigenvalue weighted by Crippen LogP contribution is 2.42. The van der Waals surface area contributed by atoms with E-state index in [1.165, 1.54) is 0 Å². The molecule has 0 aromatic heterocycles. The summed E-state index contributed by atoms with van der Waals surface area (Å²) in [5, 5.41) is 13.5. The van der Waals surface area contributed by atoms with Crippen LogP contribution in [0.4, 0.5) is 0 Å². The smallest absolute Gasteiger partial charge is 0.349 e. The minimum atomic E-state index is -1.16. The van der Waals surface area contributed by atoms with Gasteiger partial charge in [0.1, 0.15) is 5.75 Å². The van der Waals surface area contributed by atoms with Gasteiger partial charge in [0.05, 0.1) is 18.2 Å². The summed E-state index contributed by atoms with van der Waals surface area (Å²) >= 11 is 0. The maximum absolute atomic E-state index is 12.5. The lowest BCUT2D eigenvalue weighted by Gasteiger charge is -2.26. The molecule has 4 heteroatoms. The number of benzene rings is 4. The molecule has 0 saturated heterocycles. The number of carbonyl (C=O) groups is 1. The van der Waals surface area contributed by atoms with Crippen molar-refractivity contribution in [1.82, 2.24) is 0 Å². The van der Waals surface area contributed by atoms with Crippen LogP contribution in [-0.4, -0.2) is 18.2 Å². The summed E-state index contributed by atoms with van der Waals surface area (Å²) in [7, 11) is 0. The molecule has 0 heterocycles. The normalized spacial score (nSPS) is 11.3. The van der Waals surface area contributed by atoms with Crippen LogP contribution < -0.4 is 4.74 Å². The standard InChI is InChI=1S/C27H23NO3/c1-4-30-26(29)27(2,3)31-24-16-14-18-9-5-6-11-21(18)25(24)23-15-13-19(17-28)20-10-7-8-12-22(20)23/h5-16H,4H2,1-3H3. The maximum Gasteiger partial charge on any atom is 0.349 e. The minimum Gasteiger partial charge on any atom is -0.475 e. The van der Waals surface area contributed by atoms with Gasteiger partial charge in [-0.15, -0.1) is 0 Å². The SMILES string of the molecule is CCOC(=O)C(C)(C)Oc1ccc2ccccc2c1-c1ccc(C#N)c2ccccc12. The summed E-state index contributed by atoms with van der Waals surface area (Å²) in [5.74, 6) is 0.172. The average molecular weight is 409 g/mol. The Kier molecular flexibility index (Phi) is 5.35. The van der Waals surface area contributed by atoms with Gasteiger partial charge in [-0.25, -0.2) is 4.79 Å². The van der Waals surface area contributed by atoms with Crippen molar-refractivity contribution in [2.45, 2.75) is 26.4 Å². The fraction of sp³-hybridized carbons (Fsp3) is 0.185. The van der Waals surface area contributed by atoms with E-state index in [2.05, 4.69) is 6.07 Å². The van der Waals surface area contributed by atoms with Crippen LogP contribution in [0.2, 0.25) is 0 Å². The highest BCUT2D eigenvalue weighted by Gasteiger charge is 2.33. The third-order valence-electron chi connectivity index (χ3n) is 5.34. The summed E-state index contributed by atoms with van der Waals surface area (Å²) in [6.07, 6.45) is 0. The summed E-state index contributed by atoms with van der Waals surface area (Å²) < 4.78 is 11.5. The van der Waals surface area contributed by atoms with Crippen LogP contribution in [0.1, 0.15) is 26.3 Å². The van der Waals surface area contributed by atoms with Crippen LogP contribution in [0.25, 0.3) is 32.7 Å². The minimum absolute atomic E-state index is 0.288. The lowest BCUT2D eigenvalue weighted by atomic mass is 9.91. The van der Waals surface area contributed by atoms with E-state index in [9.17, 15) is 10.1 Å². The van der Waals surface area contributed by atoms with Crippen LogP contribution in [0.3, 0.4) is 0 Å². The zero-order valence-corrected chi connectivity index (χ0v) is 17.8. The van der Waals surface area contributed by atoms with E-state index in [1.807, 2.05) is 72.8 Å². The van der Waals surface area contributed by atoms with E-state index < -0.39 is 11.6 Å². The predicted octanol–water partition coefficient (Wildman–Crippen LogP) is 6.25. The number of carbonyl (C=O) groups excluding carboxylic acids is 1. The van der Waals surface area contributed by atoms with Crippen molar-refractivity contribution in [3.05, 3.63) is 78.4 Å². The topological polar surface area (TPSA) is 59.3 Å². The second-order valence-electron chi connectivity index (χ2n) is 7.81. The van der Waals surface area contributed by atoms with Gasteiger partial charge in [-0.05, 0) is 54.6 Å². The Morgan fingerprint density at radius 1 is 0.903 bits per heavy atom. The number of fused-ring (bicyclic) bond motifs is 2. The number of rotatable bonds is 5. The van der Waals surface area contributed by atoms with Gasteiger partial charge < -0.3 is 9.47 Å². The van der Waals surface area contributed by atoms with Crippen molar-refractivity contribution >= 4 is 27.5 Å². The molecule has 0 spiro atoms. The second kappa shape index (κ2) is 8.12. The van der Waals surface area contributed by atoms with E-state index in [0.717, 1.165) is 32.7 Å². The van der Waals surface area contributed by atoms with Crippen LogP contribution in [0, 0.1) is 11.3 Å². The van der Waals surface area contributed by atoms with Crippen molar-refractivity contribution in [1.29, 1.82) is 5.26 Å². The lowest BCUT2D eigenvalue weighted by molar-refractivity contribution is -0.158. The van der Waals surface area contributed by atoms with Gasteiger partial charge in [0.2, 0.25) is 0 Å². The van der Waals surface area contributed by atoms with Crippen molar-refractivity contribution in [3.8, 4) is 22.9 Å². The highest BCUT2D eigenvalue weighted by atomic mass is 16.6. The molecule has 4 rings (SSSR count). The Labute approximate surface area is 181 Å². The van der Waals surface area contributed by atoms with Crippen LogP contribution >= 0.6 is 0 Å². The van der Waals surface area contributed by atoms with Crippen molar-refractivity contribution in [2.75, 3.05) is 6.61 Å². The van der Waals surface area contributed by atoms with E-state index in [0.29, 0.717) is 11.3 Å². The van der Waals surface area contributed by atoms with Gasteiger partial charge >= 0.3 is 5.97 Å². The van der Waals surface area contributed by atoms with E-state index in [4.69, 9.17) is 9.47 Å². The molecule has 0 bridgehead atoms. The molecule has 0 aliphatic carbocycles. The number of nitrogens with zero attached hydrogens (tertiary/aromatic N) is 1. The summed E-state index contributed by atoms with van der Waals surface area (Å²) in [4.78, 5) is 12.5. The Balaban J connectivity index is 2.00. The molecule has 154 valence electrons. The number of hydrogen-bond acceptors (Lipinski definition) is 4. The Hall–Kier alpha value is -3.84. The van der Waals surface area contributed by atoms with Crippen molar-refractivity contribution in [3.63, 3.8) is 0 Å². The monoisotopic (exact) mass is 409 g/mol. The van der Waals surface area contributed by atoms with Gasteiger partial charge in [-0.3, -0.25) is 0 Å². The number of ether oxygens (including phenoxy) is 2. The summed E-state index contributed by atoms with van der Waals surface area (Å²) in [6.45, 7) is 5.48. The molecule has 0 aliphatic heterocycles. The Bertz CT molecular complexity index is 1330. The van der Waals surface area contributed by atoms with Crippen molar-refractivity contribution < 1.29 is 14.3 Å². The Morgan fingerprint density at radius 3 is 2.29 bits per heavy atom. The summed E-state index contributed by atoms with van der Waals surface area (Å²) in [6, 6.07) is 25.9. The molecule has 4 aromatic carbocycles. The van der Waals surface area contributed by atoms with Gasteiger partial charge in [0.25, 0.3) is 0 Å². The maximum atomic E-state index is 12.5. The molecule has 0 N–H and O–H groups in total. The first-order valence-electron chi connectivity index (χ1n) is 10.3. The molecule has 0 amide bonds. The van der Waals surface area contributed by atoms with E-state index in [-0.39, 0.29) is 6.61 Å². The lowest BCUT2D eigenvalue weighted by Crippen LogP contribution is -2.39. The zero-order valence-electron chi connectivity index (χ0n) is 17.8. The van der Waals surface area contributed by atoms with Gasteiger partial charge in [0.15, 0.2) is 5.60 Å². The molecule has 0 saturated carbocycles. The number of nitriles is 1. The molecule has 0 aliphatic rings. The molecule has 4 nitrogen and oxygen atoms in total. The quantitative estimate of drug-likeness (QED) is 0.365. The van der Waals surface area contributed by atoms with Crippen LogP contribution in [0.15, 0.2) is 72.8 Å². The predicted molar refractivity (Wildman–Crippen MR) is 123 cm³/mol. The van der Waals surface area contributed by atoms with E-state index in [1.54, 1.807) is 20.8 Å². The average Bonchev–Trinajstić information content (AvgIpc) is 2.78. The van der Waals surface area contributed by atoms with Crippen LogP contribution in [-0.2, 0) is 9.53 Å². The van der Waals surface area contributed by atoms with Gasteiger partial charge in [0, 0.05) is 10.9 Å². The number of esters is 1. The largest absolute Gasteiger partial charge is 0.475 e. The third-order valence-corrected chi connectivity index (χ3v) is 5.34. The molecule has 4 aromatic rings. The fourth-order valence-corrected chi connectivity index (χ4v) is 3.85. The second-order valence-corrected chi connectivity index (χ2v) is 7.81. The summed E-state index contributed by atoms with van der Waals surface area (Å²) in [5.41, 5.74) is 1.29. The molecule has 31 heavy (non-hydrogen) atoms. The third kappa shape index (κ3) is 3.71. The van der Waals surface area contributed by atoms with Gasteiger partial charge in [-0.1, -0.05) is 60.7 Å². The highest BCUT2D eigenvalue weighted by molar-refractivity contribution is 6.08. The molecule has 0 radical (unpaired) electrons.